The first-order valence-electron chi connectivity index (χ1n) is 6.07. The van der Waals surface area contributed by atoms with Crippen LogP contribution in [0.15, 0.2) is 16.7 Å². The number of rotatable bonds is 2. The van der Waals surface area contributed by atoms with Crippen molar-refractivity contribution in [2.24, 2.45) is 11.8 Å². The van der Waals surface area contributed by atoms with Crippen LogP contribution in [0, 0.1) is 18.8 Å². The summed E-state index contributed by atoms with van der Waals surface area (Å²) in [4.78, 5) is 17.7. The molecule has 0 amide bonds. The number of aryl methyl sites for hydroxylation is 1. The van der Waals surface area contributed by atoms with Crippen molar-refractivity contribution in [1.82, 2.24) is 4.98 Å². The van der Waals surface area contributed by atoms with Gasteiger partial charge in [0.2, 0.25) is 0 Å². The van der Waals surface area contributed by atoms with E-state index in [4.69, 9.17) is 0 Å². The van der Waals surface area contributed by atoms with Crippen molar-refractivity contribution in [1.29, 1.82) is 0 Å². The van der Waals surface area contributed by atoms with Gasteiger partial charge in [0.05, 0.1) is 5.92 Å². The van der Waals surface area contributed by atoms with E-state index in [2.05, 4.69) is 32.7 Å². The SMILES string of the molecule is Cc1cc(Br)cnc1N1CC(C)CC(C(=O)O)C1. The molecular weight excluding hydrogens is 296 g/mol. The standard InChI is InChI=1S/C13H17BrN2O2/c1-8-3-10(13(17)18)7-16(6-8)12-9(2)4-11(14)5-15-12/h4-5,8,10H,3,6-7H2,1-2H3,(H,17,18). The third-order valence-electron chi connectivity index (χ3n) is 3.33. The summed E-state index contributed by atoms with van der Waals surface area (Å²) in [6.45, 7) is 5.52. The maximum atomic E-state index is 11.2. The van der Waals surface area contributed by atoms with Crippen LogP contribution in [0.5, 0.6) is 0 Å². The fourth-order valence-corrected chi connectivity index (χ4v) is 3.01. The highest BCUT2D eigenvalue weighted by molar-refractivity contribution is 9.10. The summed E-state index contributed by atoms with van der Waals surface area (Å²) in [5.74, 6) is 0.278. The summed E-state index contributed by atoms with van der Waals surface area (Å²) in [5.41, 5.74) is 1.07. The summed E-state index contributed by atoms with van der Waals surface area (Å²) in [5, 5.41) is 9.18. The Hall–Kier alpha value is -1.10. The normalized spacial score (nSPS) is 24.1. The van der Waals surface area contributed by atoms with Crippen molar-refractivity contribution in [3.8, 4) is 0 Å². The van der Waals surface area contributed by atoms with Gasteiger partial charge in [0, 0.05) is 23.8 Å². The lowest BCUT2D eigenvalue weighted by Crippen LogP contribution is -2.43. The van der Waals surface area contributed by atoms with Crippen molar-refractivity contribution in [3.63, 3.8) is 0 Å². The number of halogens is 1. The van der Waals surface area contributed by atoms with E-state index >= 15 is 0 Å². The van der Waals surface area contributed by atoms with Gasteiger partial charge >= 0.3 is 5.97 Å². The van der Waals surface area contributed by atoms with Gasteiger partial charge in [-0.15, -0.1) is 0 Å². The minimum Gasteiger partial charge on any atom is -0.481 e. The van der Waals surface area contributed by atoms with Crippen molar-refractivity contribution in [2.75, 3.05) is 18.0 Å². The molecule has 2 atom stereocenters. The number of carbonyl (C=O) groups is 1. The van der Waals surface area contributed by atoms with Crippen LogP contribution >= 0.6 is 15.9 Å². The van der Waals surface area contributed by atoms with Crippen LogP contribution in [0.3, 0.4) is 0 Å². The molecule has 2 heterocycles. The van der Waals surface area contributed by atoms with Gasteiger partial charge in [0.15, 0.2) is 0 Å². The lowest BCUT2D eigenvalue weighted by Gasteiger charge is -2.36. The molecule has 1 aliphatic rings. The second kappa shape index (κ2) is 5.26. The van der Waals surface area contributed by atoms with Crippen molar-refractivity contribution in [3.05, 3.63) is 22.3 Å². The van der Waals surface area contributed by atoms with E-state index in [1.807, 2.05) is 13.0 Å². The van der Waals surface area contributed by atoms with Gasteiger partial charge in [-0.25, -0.2) is 4.98 Å². The highest BCUT2D eigenvalue weighted by Crippen LogP contribution is 2.28. The number of carboxylic acid groups (broad SMARTS) is 1. The summed E-state index contributed by atoms with van der Waals surface area (Å²) in [6, 6.07) is 2.01. The third-order valence-corrected chi connectivity index (χ3v) is 3.76. The average Bonchev–Trinajstić information content (AvgIpc) is 2.27. The first-order chi connectivity index (χ1) is 8.47. The van der Waals surface area contributed by atoms with E-state index in [0.717, 1.165) is 28.8 Å². The number of nitrogens with zero attached hydrogens (tertiary/aromatic N) is 2. The smallest absolute Gasteiger partial charge is 0.308 e. The highest BCUT2D eigenvalue weighted by Gasteiger charge is 2.30. The molecule has 1 N–H and O–H groups in total. The van der Waals surface area contributed by atoms with Crippen LogP contribution in [-0.4, -0.2) is 29.1 Å². The molecule has 1 aliphatic heterocycles. The lowest BCUT2D eigenvalue weighted by atomic mass is 9.90. The van der Waals surface area contributed by atoms with Crippen LogP contribution in [0.2, 0.25) is 0 Å². The molecule has 0 aliphatic carbocycles. The molecule has 0 aromatic carbocycles. The highest BCUT2D eigenvalue weighted by atomic mass is 79.9. The van der Waals surface area contributed by atoms with Gasteiger partial charge in [-0.1, -0.05) is 6.92 Å². The monoisotopic (exact) mass is 312 g/mol. The van der Waals surface area contributed by atoms with Crippen LogP contribution in [0.25, 0.3) is 0 Å². The van der Waals surface area contributed by atoms with Crippen LogP contribution in [-0.2, 0) is 4.79 Å². The Balaban J connectivity index is 2.24. The van der Waals surface area contributed by atoms with Crippen molar-refractivity contribution >= 4 is 27.7 Å². The predicted octanol–water partition coefficient (Wildman–Crippen LogP) is 2.70. The molecule has 5 heteroatoms. The van der Waals surface area contributed by atoms with Crippen LogP contribution in [0.1, 0.15) is 18.9 Å². The molecule has 4 nitrogen and oxygen atoms in total. The van der Waals surface area contributed by atoms with Gasteiger partial charge in [0.1, 0.15) is 5.82 Å². The molecule has 0 spiro atoms. The Morgan fingerprint density at radius 2 is 2.28 bits per heavy atom. The molecule has 0 radical (unpaired) electrons. The fourth-order valence-electron chi connectivity index (χ4n) is 2.57. The van der Waals surface area contributed by atoms with E-state index < -0.39 is 5.97 Å². The van der Waals surface area contributed by atoms with Gasteiger partial charge in [-0.3, -0.25) is 4.79 Å². The first-order valence-corrected chi connectivity index (χ1v) is 6.86. The minimum absolute atomic E-state index is 0.293. The topological polar surface area (TPSA) is 53.4 Å². The Bertz CT molecular complexity index is 464. The van der Waals surface area contributed by atoms with Crippen molar-refractivity contribution in [2.45, 2.75) is 20.3 Å². The zero-order valence-electron chi connectivity index (χ0n) is 10.6. The molecule has 1 aromatic rings. The predicted molar refractivity (Wildman–Crippen MR) is 73.8 cm³/mol. The van der Waals surface area contributed by atoms with E-state index in [0.29, 0.717) is 12.5 Å². The molecule has 98 valence electrons. The number of hydrogen-bond donors (Lipinski definition) is 1. The number of anilines is 1. The summed E-state index contributed by atoms with van der Waals surface area (Å²) < 4.78 is 0.948. The number of piperidine rings is 1. The second-order valence-electron chi connectivity index (χ2n) is 5.08. The molecule has 1 fully saturated rings. The van der Waals surface area contributed by atoms with E-state index in [9.17, 15) is 9.90 Å². The molecule has 1 aromatic heterocycles. The summed E-state index contributed by atoms with van der Waals surface area (Å²) in [6.07, 6.45) is 2.51. The Kier molecular flexibility index (Phi) is 3.90. The van der Waals surface area contributed by atoms with Gasteiger partial charge in [0.25, 0.3) is 0 Å². The zero-order valence-corrected chi connectivity index (χ0v) is 12.1. The second-order valence-corrected chi connectivity index (χ2v) is 5.99. The van der Waals surface area contributed by atoms with Gasteiger partial charge in [-0.05, 0) is 46.8 Å². The third kappa shape index (κ3) is 2.83. The number of hydrogen-bond acceptors (Lipinski definition) is 3. The molecule has 1 saturated heterocycles. The van der Waals surface area contributed by atoms with Gasteiger partial charge < -0.3 is 10.0 Å². The fraction of sp³-hybridized carbons (Fsp3) is 0.538. The van der Waals surface area contributed by atoms with Gasteiger partial charge in [-0.2, -0.15) is 0 Å². The van der Waals surface area contributed by atoms with E-state index in [1.165, 1.54) is 0 Å². The number of aliphatic carboxylic acids is 1. The number of aromatic nitrogens is 1. The minimum atomic E-state index is -0.707. The summed E-state index contributed by atoms with van der Waals surface area (Å²) >= 11 is 3.39. The Labute approximate surface area is 115 Å². The van der Waals surface area contributed by atoms with Crippen LogP contribution < -0.4 is 4.90 Å². The summed E-state index contributed by atoms with van der Waals surface area (Å²) in [7, 11) is 0. The average molecular weight is 313 g/mol. The molecule has 18 heavy (non-hydrogen) atoms. The number of pyridine rings is 1. The lowest BCUT2D eigenvalue weighted by molar-refractivity contribution is -0.142. The maximum absolute atomic E-state index is 11.2. The van der Waals surface area contributed by atoms with Crippen LogP contribution in [0.4, 0.5) is 5.82 Å². The number of carboxylic acids is 1. The van der Waals surface area contributed by atoms with E-state index in [-0.39, 0.29) is 5.92 Å². The molecule has 0 saturated carbocycles. The maximum Gasteiger partial charge on any atom is 0.308 e. The quantitative estimate of drug-likeness (QED) is 0.912. The Morgan fingerprint density at radius 3 is 2.89 bits per heavy atom. The largest absolute Gasteiger partial charge is 0.481 e. The first kappa shape index (κ1) is 13.3. The van der Waals surface area contributed by atoms with Crippen molar-refractivity contribution < 1.29 is 9.90 Å². The van der Waals surface area contributed by atoms with E-state index in [1.54, 1.807) is 6.20 Å². The Morgan fingerprint density at radius 1 is 1.56 bits per heavy atom. The molecule has 0 bridgehead atoms. The zero-order chi connectivity index (χ0) is 13.3. The molecule has 2 unspecified atom stereocenters. The molecular formula is C13H17BrN2O2. The molecule has 2 rings (SSSR count).